The third kappa shape index (κ3) is 5.06. The molecule has 2 unspecified atom stereocenters. The minimum atomic E-state index is 0.460. The normalized spacial score (nSPS) is 22.4. The molecule has 1 saturated heterocycles. The number of nitriles is 1. The molecule has 1 N–H and O–H groups in total. The van der Waals surface area contributed by atoms with Crippen molar-refractivity contribution in [2.45, 2.75) is 52.0 Å². The molecule has 1 aliphatic heterocycles. The lowest BCUT2D eigenvalue weighted by molar-refractivity contribution is 0.151. The Morgan fingerprint density at radius 1 is 1.47 bits per heavy atom. The summed E-state index contributed by atoms with van der Waals surface area (Å²) in [6.07, 6.45) is 5.60. The van der Waals surface area contributed by atoms with Crippen LogP contribution in [0.5, 0.6) is 0 Å². The Bertz CT molecular complexity index is 228. The summed E-state index contributed by atoms with van der Waals surface area (Å²) in [5.41, 5.74) is 0. The zero-order valence-corrected chi connectivity index (χ0v) is 11.4. The van der Waals surface area contributed by atoms with Gasteiger partial charge in [-0.1, -0.05) is 13.8 Å². The summed E-state index contributed by atoms with van der Waals surface area (Å²) in [5, 5.41) is 12.4. The summed E-state index contributed by atoms with van der Waals surface area (Å²) in [5.74, 6) is 0.781. The predicted molar refractivity (Wildman–Crippen MR) is 71.8 cm³/mol. The van der Waals surface area contributed by atoms with Crippen molar-refractivity contribution >= 4 is 0 Å². The van der Waals surface area contributed by atoms with Crippen molar-refractivity contribution in [3.05, 3.63) is 0 Å². The first-order chi connectivity index (χ1) is 8.31. The Balaban J connectivity index is 2.47. The molecule has 17 heavy (non-hydrogen) atoms. The third-order valence-corrected chi connectivity index (χ3v) is 3.72. The van der Waals surface area contributed by atoms with Crippen molar-refractivity contribution in [3.63, 3.8) is 0 Å². The fourth-order valence-electron chi connectivity index (χ4n) is 2.76. The Hall–Kier alpha value is -0.590. The summed E-state index contributed by atoms with van der Waals surface area (Å²) in [6.45, 7) is 9.07. The van der Waals surface area contributed by atoms with E-state index >= 15 is 0 Å². The summed E-state index contributed by atoms with van der Waals surface area (Å²) >= 11 is 0. The molecule has 1 heterocycles. The van der Waals surface area contributed by atoms with Gasteiger partial charge in [-0.3, -0.25) is 4.90 Å². The van der Waals surface area contributed by atoms with Crippen LogP contribution in [-0.2, 0) is 0 Å². The summed E-state index contributed by atoms with van der Waals surface area (Å²) in [7, 11) is 0. The van der Waals surface area contributed by atoms with E-state index in [4.69, 9.17) is 5.26 Å². The van der Waals surface area contributed by atoms with E-state index in [9.17, 15) is 0 Å². The van der Waals surface area contributed by atoms with Crippen LogP contribution in [0, 0.1) is 17.2 Å². The van der Waals surface area contributed by atoms with Crippen molar-refractivity contribution < 1.29 is 0 Å². The van der Waals surface area contributed by atoms with Gasteiger partial charge in [0.15, 0.2) is 0 Å². The van der Waals surface area contributed by atoms with E-state index in [2.05, 4.69) is 30.1 Å². The molecule has 0 aliphatic carbocycles. The smallest absolute Gasteiger partial charge is 0.0638 e. The zero-order valence-electron chi connectivity index (χ0n) is 11.4. The topological polar surface area (TPSA) is 39.1 Å². The van der Waals surface area contributed by atoms with E-state index in [1.807, 2.05) is 0 Å². The highest BCUT2D eigenvalue weighted by atomic mass is 15.2. The lowest BCUT2D eigenvalue weighted by Gasteiger charge is -2.34. The number of hydrogen-bond donors (Lipinski definition) is 1. The molecule has 3 nitrogen and oxygen atoms in total. The van der Waals surface area contributed by atoms with Gasteiger partial charge in [0.2, 0.25) is 0 Å². The second-order valence-corrected chi connectivity index (χ2v) is 5.13. The molecule has 1 fully saturated rings. The molecular weight excluding hydrogens is 210 g/mol. The zero-order chi connectivity index (χ0) is 12.5. The van der Waals surface area contributed by atoms with Gasteiger partial charge in [-0.05, 0) is 51.2 Å². The van der Waals surface area contributed by atoms with Crippen LogP contribution in [0.3, 0.4) is 0 Å². The second kappa shape index (κ2) is 8.49. The van der Waals surface area contributed by atoms with Crippen LogP contribution >= 0.6 is 0 Å². The van der Waals surface area contributed by atoms with E-state index < -0.39 is 0 Å². The van der Waals surface area contributed by atoms with Crippen molar-refractivity contribution in [1.82, 2.24) is 10.2 Å². The largest absolute Gasteiger partial charge is 0.316 e. The Morgan fingerprint density at radius 2 is 2.29 bits per heavy atom. The monoisotopic (exact) mass is 237 g/mol. The first-order valence-corrected chi connectivity index (χ1v) is 7.13. The number of nitrogens with one attached hydrogen (secondary N) is 1. The molecule has 1 aliphatic rings. The number of hydrogen-bond acceptors (Lipinski definition) is 3. The van der Waals surface area contributed by atoms with E-state index in [-0.39, 0.29) is 0 Å². The molecule has 0 aromatic carbocycles. The van der Waals surface area contributed by atoms with E-state index in [1.165, 1.54) is 32.4 Å². The SMILES string of the molecule is CCCN(CC1CCCNC1)C(CC)CC#N. The lowest BCUT2D eigenvalue weighted by atomic mass is 9.97. The molecule has 0 saturated carbocycles. The molecule has 0 amide bonds. The molecule has 0 spiro atoms. The second-order valence-electron chi connectivity index (χ2n) is 5.13. The van der Waals surface area contributed by atoms with Gasteiger partial charge in [-0.2, -0.15) is 5.26 Å². The van der Waals surface area contributed by atoms with Crippen LogP contribution in [0.25, 0.3) is 0 Å². The van der Waals surface area contributed by atoms with E-state index in [0.29, 0.717) is 12.5 Å². The molecule has 0 aromatic rings. The maximum absolute atomic E-state index is 8.90. The van der Waals surface area contributed by atoms with E-state index in [0.717, 1.165) is 25.4 Å². The van der Waals surface area contributed by atoms with Crippen LogP contribution in [-0.4, -0.2) is 37.1 Å². The predicted octanol–water partition coefficient (Wildman–Crippen LogP) is 2.39. The number of nitrogens with zero attached hydrogens (tertiary/aromatic N) is 2. The van der Waals surface area contributed by atoms with Crippen LogP contribution in [0.4, 0.5) is 0 Å². The van der Waals surface area contributed by atoms with Gasteiger partial charge in [0, 0.05) is 12.6 Å². The van der Waals surface area contributed by atoms with Gasteiger partial charge in [0.25, 0.3) is 0 Å². The summed E-state index contributed by atoms with van der Waals surface area (Å²) in [4.78, 5) is 2.54. The highest BCUT2D eigenvalue weighted by Gasteiger charge is 2.21. The number of rotatable bonds is 7. The molecule has 0 radical (unpaired) electrons. The minimum Gasteiger partial charge on any atom is -0.316 e. The third-order valence-electron chi connectivity index (χ3n) is 3.72. The molecule has 0 bridgehead atoms. The first-order valence-electron chi connectivity index (χ1n) is 7.13. The Labute approximate surface area is 106 Å². The standard InChI is InChI=1S/C14H27N3/c1-3-10-17(14(4-2)7-8-15)12-13-6-5-9-16-11-13/h13-14,16H,3-7,9-12H2,1-2H3. The first kappa shape index (κ1) is 14.5. The van der Waals surface area contributed by atoms with Crippen LogP contribution in [0.15, 0.2) is 0 Å². The fourth-order valence-corrected chi connectivity index (χ4v) is 2.76. The van der Waals surface area contributed by atoms with Crippen molar-refractivity contribution in [1.29, 1.82) is 5.26 Å². The number of piperidine rings is 1. The van der Waals surface area contributed by atoms with Crippen molar-refractivity contribution in [3.8, 4) is 6.07 Å². The van der Waals surface area contributed by atoms with E-state index in [1.54, 1.807) is 0 Å². The highest BCUT2D eigenvalue weighted by Crippen LogP contribution is 2.16. The summed E-state index contributed by atoms with van der Waals surface area (Å²) in [6, 6.07) is 2.80. The van der Waals surface area contributed by atoms with Gasteiger partial charge in [-0.25, -0.2) is 0 Å². The molecule has 1 rings (SSSR count). The van der Waals surface area contributed by atoms with Crippen molar-refractivity contribution in [2.75, 3.05) is 26.2 Å². The minimum absolute atomic E-state index is 0.460. The van der Waals surface area contributed by atoms with Crippen LogP contribution in [0.2, 0.25) is 0 Å². The average Bonchev–Trinajstić information content (AvgIpc) is 2.37. The molecule has 0 aromatic heterocycles. The maximum Gasteiger partial charge on any atom is 0.0638 e. The molecule has 3 heteroatoms. The van der Waals surface area contributed by atoms with Crippen LogP contribution in [0.1, 0.15) is 46.0 Å². The van der Waals surface area contributed by atoms with Crippen molar-refractivity contribution in [2.24, 2.45) is 5.92 Å². The quantitative estimate of drug-likeness (QED) is 0.739. The van der Waals surface area contributed by atoms with Gasteiger partial charge in [0.1, 0.15) is 0 Å². The molecule has 2 atom stereocenters. The van der Waals surface area contributed by atoms with Gasteiger partial charge in [-0.15, -0.1) is 0 Å². The summed E-state index contributed by atoms with van der Waals surface area (Å²) < 4.78 is 0. The van der Waals surface area contributed by atoms with Gasteiger partial charge >= 0.3 is 0 Å². The average molecular weight is 237 g/mol. The van der Waals surface area contributed by atoms with Crippen LogP contribution < -0.4 is 5.32 Å². The lowest BCUT2D eigenvalue weighted by Crippen LogP contribution is -2.43. The van der Waals surface area contributed by atoms with Gasteiger partial charge < -0.3 is 5.32 Å². The Morgan fingerprint density at radius 3 is 2.82 bits per heavy atom. The fraction of sp³-hybridized carbons (Fsp3) is 0.929. The molecular formula is C14H27N3. The highest BCUT2D eigenvalue weighted by molar-refractivity contribution is 4.84. The van der Waals surface area contributed by atoms with Gasteiger partial charge in [0.05, 0.1) is 12.5 Å². The maximum atomic E-state index is 8.90. The molecule has 98 valence electrons. The Kier molecular flexibility index (Phi) is 7.23.